The highest BCUT2D eigenvalue weighted by atomic mass is 32.1. The summed E-state index contributed by atoms with van der Waals surface area (Å²) in [6.45, 7) is 1.65. The third-order valence-corrected chi connectivity index (χ3v) is 5.68. The summed E-state index contributed by atoms with van der Waals surface area (Å²) in [6, 6.07) is 0. The Morgan fingerprint density at radius 2 is 2.05 bits per heavy atom. The normalized spacial score (nSPS) is 22.4. The van der Waals surface area contributed by atoms with Gasteiger partial charge in [0.2, 0.25) is 0 Å². The van der Waals surface area contributed by atoms with Crippen LogP contribution in [0.25, 0.3) is 0 Å². The van der Waals surface area contributed by atoms with Crippen LogP contribution >= 0.6 is 11.3 Å². The average molecular weight is 294 g/mol. The first-order valence-corrected chi connectivity index (χ1v) is 8.91. The summed E-state index contributed by atoms with van der Waals surface area (Å²) in [5.74, 6) is 1.27. The molecule has 2 fully saturated rings. The second-order valence-corrected chi connectivity index (χ2v) is 7.50. The molecule has 20 heavy (non-hydrogen) atoms. The first-order chi connectivity index (χ1) is 9.72. The minimum Gasteiger partial charge on any atom is -0.392 e. The first-order valence-electron chi connectivity index (χ1n) is 8.03. The number of thiazole rings is 1. The van der Waals surface area contributed by atoms with Gasteiger partial charge < -0.3 is 5.11 Å². The molecule has 0 aromatic carbocycles. The second kappa shape index (κ2) is 6.54. The van der Waals surface area contributed by atoms with Gasteiger partial charge in [-0.1, -0.05) is 19.3 Å². The molecule has 1 unspecified atom stereocenters. The minimum absolute atomic E-state index is 0.142. The van der Waals surface area contributed by atoms with Crippen LogP contribution in [0.2, 0.25) is 0 Å². The summed E-state index contributed by atoms with van der Waals surface area (Å²) in [5, 5.41) is 13.5. The Labute approximate surface area is 126 Å². The molecular formula is C16H26N2OS. The van der Waals surface area contributed by atoms with E-state index in [2.05, 4.69) is 17.3 Å². The number of aliphatic hydroxyl groups is 1. The molecule has 0 radical (unpaired) electrons. The Bertz CT molecular complexity index is 424. The van der Waals surface area contributed by atoms with E-state index in [0.717, 1.165) is 13.1 Å². The maximum atomic E-state index is 9.99. The Morgan fingerprint density at radius 1 is 1.30 bits per heavy atom. The fourth-order valence-corrected chi connectivity index (χ4v) is 4.20. The van der Waals surface area contributed by atoms with E-state index >= 15 is 0 Å². The second-order valence-electron chi connectivity index (χ2n) is 6.61. The zero-order valence-electron chi connectivity index (χ0n) is 12.4. The predicted octanol–water partition coefficient (Wildman–Crippen LogP) is 3.39. The van der Waals surface area contributed by atoms with E-state index in [1.165, 1.54) is 55.6 Å². The monoisotopic (exact) mass is 294 g/mol. The zero-order chi connectivity index (χ0) is 13.9. The molecule has 0 bridgehead atoms. The van der Waals surface area contributed by atoms with Gasteiger partial charge in [0.15, 0.2) is 0 Å². The van der Waals surface area contributed by atoms with Crippen molar-refractivity contribution in [1.29, 1.82) is 0 Å². The number of rotatable bonds is 6. The van der Waals surface area contributed by atoms with Crippen molar-refractivity contribution in [2.45, 2.75) is 63.5 Å². The lowest BCUT2D eigenvalue weighted by atomic mass is 9.90. The number of aliphatic hydroxyl groups excluding tert-OH is 1. The van der Waals surface area contributed by atoms with Crippen LogP contribution < -0.4 is 0 Å². The molecule has 1 N–H and O–H groups in total. The number of hydrogen-bond donors (Lipinski definition) is 1. The highest BCUT2D eigenvalue weighted by Gasteiger charge is 2.30. The van der Waals surface area contributed by atoms with Crippen molar-refractivity contribution in [3.63, 3.8) is 0 Å². The van der Waals surface area contributed by atoms with Crippen LogP contribution in [0, 0.1) is 5.92 Å². The van der Waals surface area contributed by atoms with Gasteiger partial charge in [-0.25, -0.2) is 4.98 Å². The van der Waals surface area contributed by atoms with E-state index in [4.69, 9.17) is 4.98 Å². The zero-order valence-corrected chi connectivity index (χ0v) is 13.2. The van der Waals surface area contributed by atoms with E-state index in [0.29, 0.717) is 11.8 Å². The highest BCUT2D eigenvalue weighted by Crippen LogP contribution is 2.35. The van der Waals surface area contributed by atoms with Crippen molar-refractivity contribution in [3.8, 4) is 0 Å². The molecule has 112 valence electrons. The van der Waals surface area contributed by atoms with Crippen LogP contribution in [0.15, 0.2) is 5.38 Å². The number of aromatic nitrogens is 1. The highest BCUT2D eigenvalue weighted by molar-refractivity contribution is 7.09. The predicted molar refractivity (Wildman–Crippen MR) is 83.0 cm³/mol. The number of hydrogen-bond acceptors (Lipinski definition) is 4. The average Bonchev–Trinajstić information content (AvgIpc) is 3.21. The molecule has 0 aliphatic heterocycles. The Balaban J connectivity index is 1.50. The summed E-state index contributed by atoms with van der Waals surface area (Å²) in [7, 11) is 2.09. The van der Waals surface area contributed by atoms with E-state index in [1.807, 2.05) is 11.3 Å². The molecule has 0 spiro atoms. The quantitative estimate of drug-likeness (QED) is 0.873. The molecule has 0 saturated heterocycles. The lowest BCUT2D eigenvalue weighted by Gasteiger charge is -2.20. The van der Waals surface area contributed by atoms with Gasteiger partial charge in [-0.15, -0.1) is 11.3 Å². The minimum atomic E-state index is -0.142. The van der Waals surface area contributed by atoms with Crippen LogP contribution in [0.1, 0.15) is 61.6 Å². The molecular weight excluding hydrogens is 268 g/mol. The van der Waals surface area contributed by atoms with Crippen molar-refractivity contribution in [1.82, 2.24) is 9.88 Å². The van der Waals surface area contributed by atoms with Crippen molar-refractivity contribution in [2.75, 3.05) is 13.6 Å². The van der Waals surface area contributed by atoms with Crippen molar-refractivity contribution in [2.24, 2.45) is 5.92 Å². The molecule has 2 aliphatic rings. The standard InChI is InChI=1S/C16H26N2OS/c1-18(10-15(19)12-7-8-12)9-14-11-20-16(17-14)13-5-3-2-4-6-13/h11-13,15,19H,2-10H2,1H3. The number of likely N-dealkylation sites (N-methyl/N-ethyl adjacent to an activating group) is 1. The van der Waals surface area contributed by atoms with Gasteiger partial charge in [0.05, 0.1) is 16.8 Å². The molecule has 1 heterocycles. The third kappa shape index (κ3) is 3.80. The molecule has 4 heteroatoms. The molecule has 3 nitrogen and oxygen atoms in total. The smallest absolute Gasteiger partial charge is 0.0959 e. The van der Waals surface area contributed by atoms with Gasteiger partial charge >= 0.3 is 0 Å². The van der Waals surface area contributed by atoms with Crippen LogP contribution in [0.4, 0.5) is 0 Å². The molecule has 2 saturated carbocycles. The van der Waals surface area contributed by atoms with E-state index in [1.54, 1.807) is 0 Å². The summed E-state index contributed by atoms with van der Waals surface area (Å²) < 4.78 is 0. The Hall–Kier alpha value is -0.450. The van der Waals surface area contributed by atoms with Crippen LogP contribution in [0.3, 0.4) is 0 Å². The van der Waals surface area contributed by atoms with E-state index in [9.17, 15) is 5.11 Å². The van der Waals surface area contributed by atoms with Gasteiger partial charge in [0, 0.05) is 24.4 Å². The van der Waals surface area contributed by atoms with Gasteiger partial charge in [0.1, 0.15) is 0 Å². The van der Waals surface area contributed by atoms with Crippen LogP contribution in [-0.2, 0) is 6.54 Å². The van der Waals surface area contributed by atoms with Crippen molar-refractivity contribution >= 4 is 11.3 Å². The first kappa shape index (κ1) is 14.5. The van der Waals surface area contributed by atoms with E-state index < -0.39 is 0 Å². The van der Waals surface area contributed by atoms with E-state index in [-0.39, 0.29) is 6.10 Å². The summed E-state index contributed by atoms with van der Waals surface area (Å²) in [5.41, 5.74) is 1.18. The third-order valence-electron chi connectivity index (χ3n) is 4.62. The maximum Gasteiger partial charge on any atom is 0.0959 e. The van der Waals surface area contributed by atoms with Crippen LogP contribution in [-0.4, -0.2) is 34.7 Å². The Kier molecular flexibility index (Phi) is 4.74. The fourth-order valence-electron chi connectivity index (χ4n) is 3.22. The molecule has 1 aromatic rings. The van der Waals surface area contributed by atoms with Gasteiger partial charge in [0.25, 0.3) is 0 Å². The van der Waals surface area contributed by atoms with Gasteiger partial charge in [-0.05, 0) is 38.6 Å². The molecule has 1 atom stereocenters. The molecule has 1 aromatic heterocycles. The fraction of sp³-hybridized carbons (Fsp3) is 0.812. The van der Waals surface area contributed by atoms with Gasteiger partial charge in [-0.2, -0.15) is 0 Å². The summed E-state index contributed by atoms with van der Waals surface area (Å²) >= 11 is 1.84. The largest absolute Gasteiger partial charge is 0.392 e. The van der Waals surface area contributed by atoms with Crippen molar-refractivity contribution < 1.29 is 5.11 Å². The lowest BCUT2D eigenvalue weighted by molar-refractivity contribution is 0.104. The summed E-state index contributed by atoms with van der Waals surface area (Å²) in [6.07, 6.45) is 9.05. The number of nitrogens with zero attached hydrogens (tertiary/aromatic N) is 2. The summed E-state index contributed by atoms with van der Waals surface area (Å²) in [4.78, 5) is 7.05. The van der Waals surface area contributed by atoms with Gasteiger partial charge in [-0.3, -0.25) is 4.90 Å². The van der Waals surface area contributed by atoms with Crippen molar-refractivity contribution in [3.05, 3.63) is 16.1 Å². The molecule has 2 aliphatic carbocycles. The molecule has 3 rings (SSSR count). The maximum absolute atomic E-state index is 9.99. The Morgan fingerprint density at radius 3 is 2.75 bits per heavy atom. The topological polar surface area (TPSA) is 36.4 Å². The SMILES string of the molecule is CN(Cc1csc(C2CCCCC2)n1)CC(O)C1CC1. The van der Waals surface area contributed by atoms with Crippen LogP contribution in [0.5, 0.6) is 0 Å². The lowest BCUT2D eigenvalue weighted by Crippen LogP contribution is -2.30. The molecule has 0 amide bonds.